The van der Waals surface area contributed by atoms with Gasteiger partial charge in [-0.05, 0) is 62.6 Å². The Labute approximate surface area is 213 Å². The molecule has 1 aliphatic rings. The lowest BCUT2D eigenvalue weighted by molar-refractivity contribution is -0.116. The SMILES string of the molecule is Cc1cc(C)c2nc(-n3ncc(C#N)c3NC(=O)CCCN3C(=O)c4ccccc4C3=O)cc(C)c2c1. The smallest absolute Gasteiger partial charge is 0.261 e. The Kier molecular flexibility index (Phi) is 6.01. The summed E-state index contributed by atoms with van der Waals surface area (Å²) in [6.07, 6.45) is 1.71. The Bertz CT molecular complexity index is 1610. The summed E-state index contributed by atoms with van der Waals surface area (Å²) in [5.41, 5.74) is 4.95. The van der Waals surface area contributed by atoms with Crippen molar-refractivity contribution in [1.29, 1.82) is 5.26 Å². The summed E-state index contributed by atoms with van der Waals surface area (Å²) in [4.78, 5) is 43.8. The number of pyridine rings is 1. The van der Waals surface area contributed by atoms with Crippen molar-refractivity contribution in [3.05, 3.63) is 82.0 Å². The molecule has 0 atom stereocenters. The van der Waals surface area contributed by atoms with Crippen LogP contribution >= 0.6 is 0 Å². The second kappa shape index (κ2) is 9.32. The normalized spacial score (nSPS) is 12.6. The zero-order valence-corrected chi connectivity index (χ0v) is 20.7. The van der Waals surface area contributed by atoms with Crippen LogP contribution in [0.15, 0.2) is 48.7 Å². The van der Waals surface area contributed by atoms with Crippen molar-refractivity contribution in [2.75, 3.05) is 11.9 Å². The number of anilines is 1. The van der Waals surface area contributed by atoms with E-state index in [4.69, 9.17) is 4.98 Å². The maximum Gasteiger partial charge on any atom is 0.261 e. The number of hydrogen-bond donors (Lipinski definition) is 1. The van der Waals surface area contributed by atoms with Crippen molar-refractivity contribution in [2.45, 2.75) is 33.6 Å². The van der Waals surface area contributed by atoms with E-state index in [1.165, 1.54) is 10.9 Å². The molecule has 9 nitrogen and oxygen atoms in total. The maximum atomic E-state index is 12.8. The number of amides is 3. The standard InChI is InChI=1S/C28H24N6O3/c1-16-11-18(3)25-22(12-16)17(2)13-23(31-25)34-26(19(14-29)15-30-34)32-24(35)9-6-10-33-27(36)20-7-4-5-8-21(20)28(33)37/h4-5,7-8,11-13,15H,6,9-10H2,1-3H3,(H,32,35). The lowest BCUT2D eigenvalue weighted by Crippen LogP contribution is -2.31. The third kappa shape index (κ3) is 4.23. The first-order valence-electron chi connectivity index (χ1n) is 11.9. The second-order valence-electron chi connectivity index (χ2n) is 9.17. The molecule has 1 N–H and O–H groups in total. The Morgan fingerprint density at radius 1 is 1.03 bits per heavy atom. The van der Waals surface area contributed by atoms with Gasteiger partial charge >= 0.3 is 0 Å². The van der Waals surface area contributed by atoms with Gasteiger partial charge in [-0.1, -0.05) is 23.8 Å². The van der Waals surface area contributed by atoms with Crippen molar-refractivity contribution in [1.82, 2.24) is 19.7 Å². The predicted molar refractivity (Wildman–Crippen MR) is 137 cm³/mol. The largest absolute Gasteiger partial charge is 0.309 e. The summed E-state index contributed by atoms with van der Waals surface area (Å²) < 4.78 is 1.45. The summed E-state index contributed by atoms with van der Waals surface area (Å²) >= 11 is 0. The Morgan fingerprint density at radius 3 is 2.41 bits per heavy atom. The molecule has 9 heteroatoms. The maximum absolute atomic E-state index is 12.8. The van der Waals surface area contributed by atoms with E-state index in [1.54, 1.807) is 24.3 Å². The molecular weight excluding hydrogens is 468 g/mol. The Balaban J connectivity index is 1.33. The minimum absolute atomic E-state index is 0.0476. The van der Waals surface area contributed by atoms with Gasteiger partial charge in [0.1, 0.15) is 11.6 Å². The van der Waals surface area contributed by atoms with Gasteiger partial charge < -0.3 is 5.32 Å². The number of nitrogens with one attached hydrogen (secondary N) is 1. The van der Waals surface area contributed by atoms with E-state index in [2.05, 4.69) is 28.6 Å². The van der Waals surface area contributed by atoms with Crippen LogP contribution in [-0.2, 0) is 4.79 Å². The fourth-order valence-corrected chi connectivity index (χ4v) is 4.69. The molecule has 4 aromatic rings. The highest BCUT2D eigenvalue weighted by Crippen LogP contribution is 2.27. The fraction of sp³-hybridized carbons (Fsp3) is 0.214. The molecule has 0 aliphatic carbocycles. The van der Waals surface area contributed by atoms with Crippen molar-refractivity contribution in [3.63, 3.8) is 0 Å². The highest BCUT2D eigenvalue weighted by atomic mass is 16.2. The lowest BCUT2D eigenvalue weighted by atomic mass is 10.0. The number of nitriles is 1. The monoisotopic (exact) mass is 492 g/mol. The molecule has 1 aliphatic heterocycles. The van der Waals surface area contributed by atoms with Gasteiger partial charge in [-0.3, -0.25) is 19.3 Å². The first-order valence-corrected chi connectivity index (χ1v) is 11.9. The molecule has 2 aromatic carbocycles. The zero-order chi connectivity index (χ0) is 26.3. The van der Waals surface area contributed by atoms with E-state index in [1.807, 2.05) is 26.8 Å². The zero-order valence-electron chi connectivity index (χ0n) is 20.7. The van der Waals surface area contributed by atoms with E-state index >= 15 is 0 Å². The summed E-state index contributed by atoms with van der Waals surface area (Å²) in [6.45, 7) is 6.13. The van der Waals surface area contributed by atoms with Crippen LogP contribution in [0.25, 0.3) is 16.7 Å². The van der Waals surface area contributed by atoms with Crippen LogP contribution in [0.3, 0.4) is 0 Å². The van der Waals surface area contributed by atoms with Gasteiger partial charge in [0.2, 0.25) is 5.91 Å². The van der Waals surface area contributed by atoms with E-state index in [9.17, 15) is 19.6 Å². The minimum atomic E-state index is -0.362. The molecular formula is C28H24N6O3. The molecule has 5 rings (SSSR count). The second-order valence-corrected chi connectivity index (χ2v) is 9.17. The molecule has 0 radical (unpaired) electrons. The first-order chi connectivity index (χ1) is 17.8. The molecule has 3 heterocycles. The molecule has 0 spiro atoms. The summed E-state index contributed by atoms with van der Waals surface area (Å²) in [5.74, 6) is -0.355. The summed E-state index contributed by atoms with van der Waals surface area (Å²) in [7, 11) is 0. The quantitative estimate of drug-likeness (QED) is 0.402. The molecule has 184 valence electrons. The highest BCUT2D eigenvalue weighted by molar-refractivity contribution is 6.21. The van der Waals surface area contributed by atoms with Gasteiger partial charge in [-0.15, -0.1) is 0 Å². The number of carbonyl (C=O) groups is 3. The first kappa shape index (κ1) is 23.9. The number of nitrogens with zero attached hydrogens (tertiary/aromatic N) is 5. The summed E-state index contributed by atoms with van der Waals surface area (Å²) in [5, 5.41) is 17.7. The van der Waals surface area contributed by atoms with Gasteiger partial charge in [0.25, 0.3) is 11.8 Å². The van der Waals surface area contributed by atoms with Crippen LogP contribution in [0.5, 0.6) is 0 Å². The third-order valence-corrected chi connectivity index (χ3v) is 6.47. The molecule has 0 unspecified atom stereocenters. The van der Waals surface area contributed by atoms with Crippen LogP contribution in [-0.4, -0.2) is 43.9 Å². The topological polar surface area (TPSA) is 121 Å². The van der Waals surface area contributed by atoms with Gasteiger partial charge in [-0.2, -0.15) is 15.0 Å². The number of hydrogen-bond acceptors (Lipinski definition) is 6. The molecule has 37 heavy (non-hydrogen) atoms. The van der Waals surface area contributed by atoms with E-state index in [0.717, 1.165) is 32.5 Å². The van der Waals surface area contributed by atoms with Crippen LogP contribution in [0.4, 0.5) is 5.82 Å². The van der Waals surface area contributed by atoms with Crippen LogP contribution < -0.4 is 5.32 Å². The number of imide groups is 1. The average Bonchev–Trinajstić information content (AvgIpc) is 3.38. The third-order valence-electron chi connectivity index (χ3n) is 6.47. The van der Waals surface area contributed by atoms with Crippen LogP contribution in [0.1, 0.15) is 55.8 Å². The van der Waals surface area contributed by atoms with Gasteiger partial charge in [0.15, 0.2) is 11.6 Å². The van der Waals surface area contributed by atoms with Crippen molar-refractivity contribution in [3.8, 4) is 11.9 Å². The van der Waals surface area contributed by atoms with E-state index in [0.29, 0.717) is 16.9 Å². The summed E-state index contributed by atoms with van der Waals surface area (Å²) in [6, 6.07) is 14.7. The number of benzene rings is 2. The van der Waals surface area contributed by atoms with Crippen LogP contribution in [0, 0.1) is 32.1 Å². The molecule has 0 saturated heterocycles. The number of fused-ring (bicyclic) bond motifs is 2. The molecule has 3 amide bonds. The van der Waals surface area contributed by atoms with Crippen molar-refractivity contribution < 1.29 is 14.4 Å². The van der Waals surface area contributed by atoms with Gasteiger partial charge in [-0.25, -0.2) is 4.98 Å². The highest BCUT2D eigenvalue weighted by Gasteiger charge is 2.34. The molecule has 0 bridgehead atoms. The number of aryl methyl sites for hydroxylation is 3. The molecule has 2 aromatic heterocycles. The van der Waals surface area contributed by atoms with Crippen molar-refractivity contribution in [2.24, 2.45) is 0 Å². The van der Waals surface area contributed by atoms with E-state index in [-0.39, 0.29) is 48.5 Å². The van der Waals surface area contributed by atoms with Gasteiger partial charge in [0, 0.05) is 18.4 Å². The lowest BCUT2D eigenvalue weighted by Gasteiger charge is -2.14. The molecule has 0 fully saturated rings. The van der Waals surface area contributed by atoms with Gasteiger partial charge in [0.05, 0.1) is 22.8 Å². The van der Waals surface area contributed by atoms with E-state index < -0.39 is 0 Å². The predicted octanol–water partition coefficient (Wildman–Crippen LogP) is 4.23. The average molecular weight is 493 g/mol. The van der Waals surface area contributed by atoms with Crippen molar-refractivity contribution >= 4 is 34.4 Å². The van der Waals surface area contributed by atoms with Crippen LogP contribution in [0.2, 0.25) is 0 Å². The Hall–Kier alpha value is -4.84. The number of carbonyl (C=O) groups excluding carboxylic acids is 3. The Morgan fingerprint density at radius 2 is 1.73 bits per heavy atom. The number of rotatable bonds is 6. The fourth-order valence-electron chi connectivity index (χ4n) is 4.69. The number of aromatic nitrogens is 3. The molecule has 0 saturated carbocycles. The minimum Gasteiger partial charge on any atom is -0.309 e.